The summed E-state index contributed by atoms with van der Waals surface area (Å²) in [4.78, 5) is 7.95. The van der Waals surface area contributed by atoms with Gasteiger partial charge in [0.25, 0.3) is 0 Å². The van der Waals surface area contributed by atoms with Crippen LogP contribution in [-0.2, 0) is 0 Å². The quantitative estimate of drug-likeness (QED) is 0.580. The molecule has 4 unspecified atom stereocenters. The first-order chi connectivity index (χ1) is 14.4. The topological polar surface area (TPSA) is 27.9 Å². The van der Waals surface area contributed by atoms with Crippen LogP contribution in [0.3, 0.4) is 0 Å². The minimum Gasteiger partial charge on any atom is -0.249 e. The van der Waals surface area contributed by atoms with E-state index in [2.05, 4.69) is 65.4 Å². The van der Waals surface area contributed by atoms with E-state index in [1.54, 1.807) is 11.4 Å². The second-order valence-corrected chi connectivity index (χ2v) is 14.4. The Kier molecular flexibility index (Phi) is 6.05. The Morgan fingerprint density at radius 2 is 0.742 bits per heavy atom. The lowest BCUT2D eigenvalue weighted by atomic mass is 9.70. The Bertz CT molecular complexity index is 626. The molecule has 5 aliphatic rings. The summed E-state index contributed by atoms with van der Waals surface area (Å²) < 4.78 is 0. The molecule has 6 bridgehead atoms. The van der Waals surface area contributed by atoms with Crippen LogP contribution in [0.25, 0.3) is 0 Å². The number of hydrogen-bond acceptors (Lipinski definition) is 0. The van der Waals surface area contributed by atoms with Crippen molar-refractivity contribution in [1.82, 2.24) is 0 Å². The summed E-state index contributed by atoms with van der Waals surface area (Å²) >= 11 is 0. The Balaban J connectivity index is 1.71. The van der Waals surface area contributed by atoms with E-state index in [4.69, 9.17) is 0 Å². The molecule has 4 atom stereocenters. The van der Waals surface area contributed by atoms with Crippen molar-refractivity contribution in [1.29, 1.82) is 0 Å². The third-order valence-electron chi connectivity index (χ3n) is 9.95. The fourth-order valence-corrected chi connectivity index (χ4v) is 7.97. The average molecular weight is 429 g/mol. The molecule has 2 aliphatic heterocycles. The molecule has 3 saturated carbocycles. The van der Waals surface area contributed by atoms with Gasteiger partial charge in [0.05, 0.1) is 23.7 Å². The summed E-state index contributed by atoms with van der Waals surface area (Å²) in [5.74, 6) is 3.08. The van der Waals surface area contributed by atoms with Crippen molar-refractivity contribution in [3.63, 3.8) is 0 Å². The monoisotopic (exact) mass is 428 g/mol. The van der Waals surface area contributed by atoms with Crippen LogP contribution in [0.15, 0.2) is 0 Å². The van der Waals surface area contributed by atoms with Gasteiger partial charge in [0.2, 0.25) is 0 Å². The summed E-state index contributed by atoms with van der Waals surface area (Å²) in [5.41, 5.74) is 5.07. The van der Waals surface area contributed by atoms with Gasteiger partial charge >= 0.3 is 0 Å². The van der Waals surface area contributed by atoms with Gasteiger partial charge in [-0.15, -0.1) is 0 Å². The number of fused-ring (bicyclic) bond motifs is 14. The molecule has 3 aliphatic carbocycles. The first-order valence-corrected chi connectivity index (χ1v) is 13.6. The highest BCUT2D eigenvalue weighted by atomic mass is 14.9. The number of rotatable bonds is 0. The van der Waals surface area contributed by atoms with Gasteiger partial charge in [0, 0.05) is 12.8 Å². The van der Waals surface area contributed by atoms with Gasteiger partial charge in [0.15, 0.2) is 11.4 Å². The molecule has 2 nitrogen and oxygen atoms in total. The standard InChI is InChI=1S/C29H50N2/c1-26(2)14-12-15-28(5,6)22-23-25(22)31-19-11-9-10-18-30-24-20(26)21(24)27(3,4)16-13-17-29(23,7)8/h20-23H,9-19H2,1-8H3/p+2. The van der Waals surface area contributed by atoms with Crippen LogP contribution in [0.1, 0.15) is 113 Å². The van der Waals surface area contributed by atoms with Crippen LogP contribution in [0.4, 0.5) is 0 Å². The van der Waals surface area contributed by atoms with Gasteiger partial charge in [-0.05, 0) is 53.8 Å². The number of nitrogens with one attached hydrogen (secondary N) is 2. The number of hydrogen-bond donors (Lipinski definition) is 2. The molecule has 0 amide bonds. The van der Waals surface area contributed by atoms with Gasteiger partial charge in [-0.2, -0.15) is 0 Å². The molecule has 0 aromatic rings. The van der Waals surface area contributed by atoms with E-state index in [0.29, 0.717) is 21.7 Å². The normalized spacial score (nSPS) is 39.0. The fraction of sp³-hybridized carbons (Fsp3) is 0.931. The fourth-order valence-electron chi connectivity index (χ4n) is 7.97. The van der Waals surface area contributed by atoms with E-state index < -0.39 is 0 Å². The molecule has 0 spiro atoms. The highest BCUT2D eigenvalue weighted by Crippen LogP contribution is 2.61. The second kappa shape index (κ2) is 7.98. The van der Waals surface area contributed by atoms with Crippen molar-refractivity contribution in [2.24, 2.45) is 45.3 Å². The van der Waals surface area contributed by atoms with Crippen LogP contribution in [-0.4, -0.2) is 24.5 Å². The first-order valence-electron chi connectivity index (χ1n) is 13.6. The zero-order valence-corrected chi connectivity index (χ0v) is 22.1. The lowest BCUT2D eigenvalue weighted by Crippen LogP contribution is -2.72. The summed E-state index contributed by atoms with van der Waals surface area (Å²) in [7, 11) is 0. The largest absolute Gasteiger partial charge is 0.249 e. The van der Waals surface area contributed by atoms with Gasteiger partial charge in [-0.3, -0.25) is 0 Å². The van der Waals surface area contributed by atoms with E-state index in [1.807, 2.05) is 0 Å². The molecule has 2 heteroatoms. The zero-order chi connectivity index (χ0) is 22.7. The third-order valence-corrected chi connectivity index (χ3v) is 9.95. The maximum Gasteiger partial charge on any atom is 0.159 e. The zero-order valence-electron chi connectivity index (χ0n) is 22.1. The molecule has 0 saturated heterocycles. The minimum atomic E-state index is 0.411. The van der Waals surface area contributed by atoms with Crippen molar-refractivity contribution in [3.05, 3.63) is 0 Å². The third kappa shape index (κ3) is 4.56. The molecule has 176 valence electrons. The molecule has 5 rings (SSSR count). The van der Waals surface area contributed by atoms with Gasteiger partial charge in [-0.1, -0.05) is 68.2 Å². The van der Waals surface area contributed by atoms with Gasteiger partial charge < -0.3 is 0 Å². The molecule has 0 aromatic heterocycles. The van der Waals surface area contributed by atoms with E-state index in [0.717, 1.165) is 23.7 Å². The van der Waals surface area contributed by atoms with Crippen molar-refractivity contribution < 1.29 is 9.98 Å². The first kappa shape index (κ1) is 23.5. The summed E-state index contributed by atoms with van der Waals surface area (Å²) in [6.07, 6.45) is 12.2. The van der Waals surface area contributed by atoms with Crippen molar-refractivity contribution >= 4 is 11.4 Å². The Labute approximate surface area is 193 Å². The van der Waals surface area contributed by atoms with Crippen molar-refractivity contribution in [2.45, 2.75) is 113 Å². The molecule has 3 fully saturated rings. The van der Waals surface area contributed by atoms with E-state index in [1.165, 1.54) is 70.9 Å². The summed E-state index contributed by atoms with van der Waals surface area (Å²) in [6, 6.07) is 0. The average Bonchev–Trinajstić information content (AvgIpc) is 3.51. The second-order valence-electron chi connectivity index (χ2n) is 14.4. The molecule has 2 heterocycles. The molecule has 2 N–H and O–H groups in total. The lowest BCUT2D eigenvalue weighted by molar-refractivity contribution is -0.462. The smallest absolute Gasteiger partial charge is 0.159 e. The Morgan fingerprint density at radius 1 is 0.452 bits per heavy atom. The van der Waals surface area contributed by atoms with Crippen molar-refractivity contribution in [3.8, 4) is 0 Å². The highest BCUT2D eigenvalue weighted by Gasteiger charge is 2.66. The lowest BCUT2D eigenvalue weighted by Gasteiger charge is -2.33. The molecular formula is C29H52N2+2. The van der Waals surface area contributed by atoms with E-state index in [-0.39, 0.29) is 0 Å². The summed E-state index contributed by atoms with van der Waals surface area (Å²) in [6.45, 7) is 22.9. The van der Waals surface area contributed by atoms with Crippen LogP contribution in [0.2, 0.25) is 0 Å². The summed E-state index contributed by atoms with van der Waals surface area (Å²) in [5, 5.41) is 0. The van der Waals surface area contributed by atoms with Crippen molar-refractivity contribution in [2.75, 3.05) is 13.1 Å². The SMILES string of the molecule is CC1(C)CCCC(C)(C)C2C3=[NH+]CCCCC[NH+]=C4C1C4C(C)(C)CCCC(C)(C)C32. The Hall–Kier alpha value is -0.660. The molecule has 0 radical (unpaired) electrons. The van der Waals surface area contributed by atoms with Crippen LogP contribution < -0.4 is 9.98 Å². The maximum absolute atomic E-state index is 3.98. The van der Waals surface area contributed by atoms with E-state index >= 15 is 0 Å². The molecular weight excluding hydrogens is 376 g/mol. The predicted molar refractivity (Wildman–Crippen MR) is 132 cm³/mol. The molecule has 31 heavy (non-hydrogen) atoms. The van der Waals surface area contributed by atoms with Gasteiger partial charge in [0.1, 0.15) is 13.1 Å². The van der Waals surface area contributed by atoms with Crippen LogP contribution in [0, 0.1) is 45.3 Å². The Morgan fingerprint density at radius 3 is 1.03 bits per heavy atom. The van der Waals surface area contributed by atoms with Gasteiger partial charge in [-0.25, -0.2) is 9.98 Å². The maximum atomic E-state index is 3.98. The minimum absolute atomic E-state index is 0.411. The van der Waals surface area contributed by atoms with Crippen LogP contribution in [0.5, 0.6) is 0 Å². The predicted octanol–water partition coefficient (Wildman–Crippen LogP) is 4.16. The van der Waals surface area contributed by atoms with E-state index in [9.17, 15) is 0 Å². The highest BCUT2D eigenvalue weighted by molar-refractivity contribution is 6.01. The molecule has 0 aromatic carbocycles. The van der Waals surface area contributed by atoms with Crippen LogP contribution >= 0.6 is 0 Å².